The molecule has 0 aliphatic carbocycles. The molecule has 0 radical (unpaired) electrons. The van der Waals surface area contributed by atoms with Crippen LogP contribution in [0.3, 0.4) is 0 Å². The van der Waals surface area contributed by atoms with Crippen molar-refractivity contribution in [3.8, 4) is 0 Å². The van der Waals surface area contributed by atoms with Crippen molar-refractivity contribution in [3.63, 3.8) is 0 Å². The molecule has 2 heterocycles. The Bertz CT molecular complexity index is 884. The van der Waals surface area contributed by atoms with Crippen LogP contribution in [0.25, 0.3) is 0 Å². The highest BCUT2D eigenvalue weighted by Crippen LogP contribution is 2.28. The zero-order chi connectivity index (χ0) is 22.6. The molecule has 0 saturated carbocycles. The Morgan fingerprint density at radius 1 is 1.23 bits per heavy atom. The zero-order valence-electron chi connectivity index (χ0n) is 17.1. The number of halogens is 4. The van der Waals surface area contributed by atoms with Crippen LogP contribution < -0.4 is 4.90 Å². The number of alkyl halides is 3. The third kappa shape index (κ3) is 6.10. The Morgan fingerprint density at radius 2 is 1.87 bits per heavy atom. The fourth-order valence-electron chi connectivity index (χ4n) is 3.11. The lowest BCUT2D eigenvalue weighted by molar-refractivity contribution is -0.141. The van der Waals surface area contributed by atoms with Crippen LogP contribution in [0.1, 0.15) is 18.5 Å². The van der Waals surface area contributed by atoms with Crippen LogP contribution in [0.15, 0.2) is 29.4 Å². The number of carbonyl (C=O) groups is 1. The van der Waals surface area contributed by atoms with E-state index in [1.165, 1.54) is 17.0 Å². The quantitative estimate of drug-likeness (QED) is 0.467. The summed E-state index contributed by atoms with van der Waals surface area (Å²) >= 11 is 0.904. The summed E-state index contributed by atoms with van der Waals surface area (Å²) < 4.78 is 58.8. The minimum Gasteiger partial charge on any atom is -0.378 e. The Kier molecular flexibility index (Phi) is 7.42. The number of aromatic nitrogens is 3. The highest BCUT2D eigenvalue weighted by atomic mass is 32.2. The Labute approximate surface area is 181 Å². The second-order valence-corrected chi connectivity index (χ2v) is 8.05. The minimum atomic E-state index is -4.46. The summed E-state index contributed by atoms with van der Waals surface area (Å²) in [5, 5.41) is 7.86. The van der Waals surface area contributed by atoms with Gasteiger partial charge >= 0.3 is 6.18 Å². The largest absolute Gasteiger partial charge is 0.406 e. The van der Waals surface area contributed by atoms with Crippen molar-refractivity contribution in [1.29, 1.82) is 0 Å². The van der Waals surface area contributed by atoms with E-state index in [0.29, 0.717) is 26.3 Å². The van der Waals surface area contributed by atoms with Gasteiger partial charge in [-0.2, -0.15) is 13.2 Å². The summed E-state index contributed by atoms with van der Waals surface area (Å²) in [4.78, 5) is 15.8. The smallest absolute Gasteiger partial charge is 0.378 e. The maximum absolute atomic E-state index is 13.2. The first-order chi connectivity index (χ1) is 14.7. The number of rotatable bonds is 7. The molecular weight excluding hydrogens is 438 g/mol. The molecule has 0 spiro atoms. The lowest BCUT2D eigenvalue weighted by Crippen LogP contribution is -2.38. The Balaban J connectivity index is 1.70. The normalized spacial score (nSPS) is 15.7. The molecule has 7 nitrogen and oxygen atoms in total. The second-order valence-electron chi connectivity index (χ2n) is 7.10. The molecular formula is C19H23F4N5O2S. The van der Waals surface area contributed by atoms with E-state index in [4.69, 9.17) is 4.74 Å². The second kappa shape index (κ2) is 9.86. The van der Waals surface area contributed by atoms with E-state index in [-0.39, 0.29) is 34.6 Å². The molecule has 1 saturated heterocycles. The maximum atomic E-state index is 13.2. The van der Waals surface area contributed by atoms with E-state index in [9.17, 15) is 22.4 Å². The van der Waals surface area contributed by atoms with Gasteiger partial charge in [0.15, 0.2) is 5.16 Å². The molecule has 1 unspecified atom stereocenters. The molecule has 1 fully saturated rings. The monoisotopic (exact) mass is 461 g/mol. The summed E-state index contributed by atoms with van der Waals surface area (Å²) in [6, 6.07) is 5.47. The van der Waals surface area contributed by atoms with E-state index >= 15 is 0 Å². The van der Waals surface area contributed by atoms with Gasteiger partial charge in [0, 0.05) is 20.1 Å². The molecule has 1 aliphatic heterocycles. The highest BCUT2D eigenvalue weighted by Gasteiger charge is 2.33. The van der Waals surface area contributed by atoms with Gasteiger partial charge in [0.25, 0.3) is 0 Å². The van der Waals surface area contributed by atoms with E-state index in [2.05, 4.69) is 10.2 Å². The number of morpholine rings is 1. The summed E-state index contributed by atoms with van der Waals surface area (Å²) in [5.41, 5.74) is 0.747. The maximum Gasteiger partial charge on any atom is 0.406 e. The van der Waals surface area contributed by atoms with Gasteiger partial charge in [0.2, 0.25) is 11.9 Å². The molecule has 31 heavy (non-hydrogen) atoms. The van der Waals surface area contributed by atoms with E-state index in [1.54, 1.807) is 31.0 Å². The summed E-state index contributed by atoms with van der Waals surface area (Å²) in [6.45, 7) is 2.16. The number of thioether (sulfide) groups is 1. The Hall–Kier alpha value is -2.34. The van der Waals surface area contributed by atoms with Gasteiger partial charge in [-0.15, -0.1) is 10.2 Å². The molecule has 1 aromatic heterocycles. The van der Waals surface area contributed by atoms with Crippen LogP contribution in [0.2, 0.25) is 0 Å². The molecule has 1 aromatic carbocycles. The minimum absolute atomic E-state index is 0.0232. The van der Waals surface area contributed by atoms with Crippen molar-refractivity contribution in [2.75, 3.05) is 44.0 Å². The SMILES string of the molecule is CC(c1ccc(F)cc1)N(C)C(=O)CSc1nnc(N2CCOCC2)n1CC(F)(F)F. The van der Waals surface area contributed by atoms with Crippen molar-refractivity contribution in [2.24, 2.45) is 0 Å². The van der Waals surface area contributed by atoms with Crippen LogP contribution in [0.4, 0.5) is 23.5 Å². The van der Waals surface area contributed by atoms with Crippen LogP contribution in [-0.4, -0.2) is 70.9 Å². The molecule has 1 amide bonds. The van der Waals surface area contributed by atoms with Crippen molar-refractivity contribution in [3.05, 3.63) is 35.6 Å². The number of nitrogens with zero attached hydrogens (tertiary/aromatic N) is 5. The first-order valence-corrected chi connectivity index (χ1v) is 10.6. The zero-order valence-corrected chi connectivity index (χ0v) is 17.9. The van der Waals surface area contributed by atoms with Gasteiger partial charge in [-0.3, -0.25) is 9.36 Å². The third-order valence-electron chi connectivity index (χ3n) is 4.98. The van der Waals surface area contributed by atoms with Gasteiger partial charge in [0.1, 0.15) is 12.4 Å². The third-order valence-corrected chi connectivity index (χ3v) is 5.93. The summed E-state index contributed by atoms with van der Waals surface area (Å²) in [6.07, 6.45) is -4.46. The molecule has 170 valence electrons. The number of anilines is 1. The Morgan fingerprint density at radius 3 is 2.48 bits per heavy atom. The predicted molar refractivity (Wildman–Crippen MR) is 107 cm³/mol. The van der Waals surface area contributed by atoms with Crippen LogP contribution in [-0.2, 0) is 16.1 Å². The van der Waals surface area contributed by atoms with Crippen LogP contribution in [0.5, 0.6) is 0 Å². The lowest BCUT2D eigenvalue weighted by atomic mass is 10.1. The van der Waals surface area contributed by atoms with E-state index in [0.717, 1.165) is 21.9 Å². The molecule has 0 N–H and O–H groups in total. The average molecular weight is 461 g/mol. The molecule has 0 bridgehead atoms. The van der Waals surface area contributed by atoms with Crippen molar-refractivity contribution in [2.45, 2.75) is 30.8 Å². The fraction of sp³-hybridized carbons (Fsp3) is 0.526. The number of amides is 1. The highest BCUT2D eigenvalue weighted by molar-refractivity contribution is 7.99. The number of hydrogen-bond acceptors (Lipinski definition) is 6. The van der Waals surface area contributed by atoms with Crippen LogP contribution >= 0.6 is 11.8 Å². The van der Waals surface area contributed by atoms with Gasteiger partial charge < -0.3 is 14.5 Å². The molecule has 2 aromatic rings. The van der Waals surface area contributed by atoms with E-state index < -0.39 is 12.7 Å². The first kappa shape index (κ1) is 23.3. The molecule has 1 atom stereocenters. The van der Waals surface area contributed by atoms with Gasteiger partial charge in [0.05, 0.1) is 25.0 Å². The summed E-state index contributed by atoms with van der Waals surface area (Å²) in [7, 11) is 1.59. The fourth-order valence-corrected chi connectivity index (χ4v) is 3.97. The van der Waals surface area contributed by atoms with Gasteiger partial charge in [-0.25, -0.2) is 4.39 Å². The van der Waals surface area contributed by atoms with Crippen molar-refractivity contribution in [1.82, 2.24) is 19.7 Å². The van der Waals surface area contributed by atoms with Crippen molar-refractivity contribution >= 4 is 23.6 Å². The predicted octanol–water partition coefficient (Wildman–Crippen LogP) is 3.13. The number of hydrogen-bond donors (Lipinski definition) is 0. The van der Waals surface area contributed by atoms with Crippen LogP contribution in [0, 0.1) is 5.82 Å². The summed E-state index contributed by atoms with van der Waals surface area (Å²) in [5.74, 6) is -0.665. The average Bonchev–Trinajstić information content (AvgIpc) is 3.12. The molecule has 3 rings (SSSR count). The van der Waals surface area contributed by atoms with Gasteiger partial charge in [-0.1, -0.05) is 23.9 Å². The molecule has 1 aliphatic rings. The van der Waals surface area contributed by atoms with Crippen molar-refractivity contribution < 1.29 is 27.1 Å². The topological polar surface area (TPSA) is 63.5 Å². The standard InChI is InChI=1S/C19H23F4N5O2S/c1-13(14-3-5-15(20)6-4-14)26(2)16(29)11-31-18-25-24-17(27-7-9-30-10-8-27)28(18)12-19(21,22)23/h3-6,13H,7-12H2,1-2H3. The molecule has 12 heteroatoms. The lowest BCUT2D eigenvalue weighted by Gasteiger charge is -2.28. The number of ether oxygens (including phenoxy) is 1. The number of carbonyl (C=O) groups excluding carboxylic acids is 1. The number of benzene rings is 1. The first-order valence-electron chi connectivity index (χ1n) is 9.62. The van der Waals surface area contributed by atoms with E-state index in [1.807, 2.05) is 0 Å². The van der Waals surface area contributed by atoms with Gasteiger partial charge in [-0.05, 0) is 24.6 Å².